The van der Waals surface area contributed by atoms with Crippen LogP contribution < -0.4 is 28.7 Å². The number of amides is 1. The first kappa shape index (κ1) is 33.6. The van der Waals surface area contributed by atoms with Gasteiger partial charge in [0.05, 0.1) is 39.4 Å². The summed E-state index contributed by atoms with van der Waals surface area (Å²) in [6.45, 7) is 6.00. The quantitative estimate of drug-likeness (QED) is 0.237. The number of anilines is 2. The molecule has 2 atom stereocenters. The second kappa shape index (κ2) is 15.2. The first-order chi connectivity index (χ1) is 22.3. The molecule has 3 aromatic carbocycles. The van der Waals surface area contributed by atoms with Gasteiger partial charge < -0.3 is 33.5 Å². The Morgan fingerprint density at radius 1 is 0.870 bits per heavy atom. The predicted molar refractivity (Wildman–Crippen MR) is 180 cm³/mol. The number of rotatable bonds is 11. The van der Waals surface area contributed by atoms with Crippen molar-refractivity contribution in [2.45, 2.75) is 29.6 Å². The molecular formula is C34H40ClN3O7S. The molecule has 2 aliphatic rings. The van der Waals surface area contributed by atoms with Crippen LogP contribution in [0, 0.1) is 0 Å². The Labute approximate surface area is 279 Å². The van der Waals surface area contributed by atoms with Gasteiger partial charge in [0.25, 0.3) is 5.91 Å². The van der Waals surface area contributed by atoms with Crippen LogP contribution in [-0.2, 0) is 14.3 Å². The fourth-order valence-electron chi connectivity index (χ4n) is 5.90. The molecule has 246 valence electrons. The number of hydrogen-bond acceptors (Lipinski definition) is 10. The molecule has 0 radical (unpaired) electrons. The number of halogens is 1. The van der Waals surface area contributed by atoms with Crippen molar-refractivity contribution in [2.75, 3.05) is 77.5 Å². The van der Waals surface area contributed by atoms with E-state index in [0.29, 0.717) is 34.6 Å². The third-order valence-corrected chi connectivity index (χ3v) is 9.82. The Hall–Kier alpha value is -3.80. The summed E-state index contributed by atoms with van der Waals surface area (Å²) in [5.41, 5.74) is 2.63. The van der Waals surface area contributed by atoms with Crippen molar-refractivity contribution in [2.24, 2.45) is 0 Å². The Morgan fingerprint density at radius 3 is 2.13 bits per heavy atom. The molecule has 2 aliphatic heterocycles. The summed E-state index contributed by atoms with van der Waals surface area (Å²) in [6.07, 6.45) is -0.271. The second-order valence-electron chi connectivity index (χ2n) is 11.0. The molecule has 0 N–H and O–H groups in total. The van der Waals surface area contributed by atoms with Crippen LogP contribution in [0.15, 0.2) is 59.5 Å². The molecule has 1 amide bonds. The van der Waals surface area contributed by atoms with E-state index >= 15 is 0 Å². The lowest BCUT2D eigenvalue weighted by Gasteiger charge is -2.37. The van der Waals surface area contributed by atoms with Gasteiger partial charge in [-0.3, -0.25) is 14.5 Å². The van der Waals surface area contributed by atoms with Crippen molar-refractivity contribution in [3.63, 3.8) is 0 Å². The van der Waals surface area contributed by atoms with Gasteiger partial charge in [0.1, 0.15) is 5.75 Å². The van der Waals surface area contributed by atoms with Crippen LogP contribution >= 0.6 is 23.4 Å². The van der Waals surface area contributed by atoms with Gasteiger partial charge in [0.2, 0.25) is 5.75 Å². The van der Waals surface area contributed by atoms with Gasteiger partial charge in [-0.2, -0.15) is 0 Å². The standard InChI is InChI=1S/C34H40ClN3O7S/c1-22(39)45-32-33(23-7-10-26(41-2)11-8-23)46-30-19-24(35)9-12-27(30)38(34(32)40)14-6-13-36-15-17-37(18-16-36)25-20-28(42-3)31(44-5)29(21-25)43-4/h7-12,19-21,32-33H,6,13-18H2,1-5H3/t32-,33+/m1/s1. The molecule has 1 fully saturated rings. The molecular weight excluding hydrogens is 630 g/mol. The zero-order chi connectivity index (χ0) is 32.8. The number of nitrogens with zero attached hydrogens (tertiary/aromatic N) is 3. The Bertz CT molecular complexity index is 1510. The average molecular weight is 670 g/mol. The topological polar surface area (TPSA) is 90.0 Å². The van der Waals surface area contributed by atoms with Gasteiger partial charge in [-0.15, -0.1) is 11.8 Å². The van der Waals surface area contributed by atoms with Crippen LogP contribution in [0.5, 0.6) is 23.0 Å². The molecule has 10 nitrogen and oxygen atoms in total. The smallest absolute Gasteiger partial charge is 0.303 e. The molecule has 0 bridgehead atoms. The highest BCUT2D eigenvalue weighted by atomic mass is 35.5. The maximum absolute atomic E-state index is 14.2. The fourth-order valence-corrected chi connectivity index (χ4v) is 7.49. The van der Waals surface area contributed by atoms with E-state index in [9.17, 15) is 9.59 Å². The van der Waals surface area contributed by atoms with Crippen LogP contribution in [0.2, 0.25) is 5.02 Å². The lowest BCUT2D eigenvalue weighted by Crippen LogP contribution is -2.47. The third-order valence-electron chi connectivity index (χ3n) is 8.23. The van der Waals surface area contributed by atoms with Crippen LogP contribution in [0.3, 0.4) is 0 Å². The number of esters is 1. The number of carbonyl (C=O) groups excluding carboxylic acids is 2. The lowest BCUT2D eigenvalue weighted by molar-refractivity contribution is -0.152. The molecule has 46 heavy (non-hydrogen) atoms. The molecule has 0 spiro atoms. The van der Waals surface area contributed by atoms with Gasteiger partial charge in [-0.1, -0.05) is 23.7 Å². The summed E-state index contributed by atoms with van der Waals surface area (Å²) in [4.78, 5) is 33.8. The first-order valence-electron chi connectivity index (χ1n) is 15.1. The fraction of sp³-hybridized carbons (Fsp3) is 0.412. The highest BCUT2D eigenvalue weighted by Gasteiger charge is 2.41. The number of thioether (sulfide) groups is 1. The zero-order valence-electron chi connectivity index (χ0n) is 26.8. The van der Waals surface area contributed by atoms with Crippen LogP contribution in [0.25, 0.3) is 0 Å². The minimum atomic E-state index is -1.01. The molecule has 3 aromatic rings. The molecule has 1 saturated heterocycles. The van der Waals surface area contributed by atoms with Crippen LogP contribution in [-0.4, -0.2) is 90.6 Å². The number of hydrogen-bond donors (Lipinski definition) is 0. The van der Waals surface area contributed by atoms with Crippen molar-refractivity contribution in [3.05, 3.63) is 65.2 Å². The van der Waals surface area contributed by atoms with E-state index in [-0.39, 0.29) is 5.91 Å². The summed E-state index contributed by atoms with van der Waals surface area (Å²) >= 11 is 7.91. The van der Waals surface area contributed by atoms with Gasteiger partial charge >= 0.3 is 5.97 Å². The lowest BCUT2D eigenvalue weighted by atomic mass is 10.1. The van der Waals surface area contributed by atoms with Crippen molar-refractivity contribution >= 4 is 46.6 Å². The monoisotopic (exact) mass is 669 g/mol. The summed E-state index contributed by atoms with van der Waals surface area (Å²) in [5, 5.41) is 0.107. The summed E-state index contributed by atoms with van der Waals surface area (Å²) in [5.74, 6) is 1.77. The summed E-state index contributed by atoms with van der Waals surface area (Å²) < 4.78 is 27.6. The largest absolute Gasteiger partial charge is 0.497 e. The number of ether oxygens (including phenoxy) is 5. The number of carbonyl (C=O) groups is 2. The van der Waals surface area contributed by atoms with E-state index in [0.717, 1.165) is 61.0 Å². The number of fused-ring (bicyclic) bond motifs is 1. The van der Waals surface area contributed by atoms with Gasteiger partial charge in [0.15, 0.2) is 17.6 Å². The van der Waals surface area contributed by atoms with Gasteiger partial charge in [-0.05, 0) is 48.9 Å². The number of benzene rings is 3. The molecule has 0 saturated carbocycles. The summed E-state index contributed by atoms with van der Waals surface area (Å²) in [7, 11) is 6.44. The number of piperazine rings is 1. The van der Waals surface area contributed by atoms with Crippen molar-refractivity contribution in [1.29, 1.82) is 0 Å². The van der Waals surface area contributed by atoms with Gasteiger partial charge in [-0.25, -0.2) is 0 Å². The highest BCUT2D eigenvalue weighted by Crippen LogP contribution is 2.48. The SMILES string of the molecule is COc1ccc([C@@H]2Sc3cc(Cl)ccc3N(CCCN3CCN(c4cc(OC)c(OC)c(OC)c4)CC3)C(=O)[C@@H]2OC(C)=O)cc1. The molecule has 5 rings (SSSR count). The normalized spacial score (nSPS) is 18.4. The minimum Gasteiger partial charge on any atom is -0.497 e. The predicted octanol–water partition coefficient (Wildman–Crippen LogP) is 5.70. The van der Waals surface area contributed by atoms with Crippen molar-refractivity contribution in [3.8, 4) is 23.0 Å². The maximum Gasteiger partial charge on any atom is 0.303 e. The Morgan fingerprint density at radius 2 is 1.54 bits per heavy atom. The minimum absolute atomic E-state index is 0.253. The Kier molecular flexibility index (Phi) is 11.1. The van der Waals surface area contributed by atoms with Crippen LogP contribution in [0.4, 0.5) is 11.4 Å². The molecule has 2 heterocycles. The van der Waals surface area contributed by atoms with E-state index in [1.165, 1.54) is 18.7 Å². The van der Waals surface area contributed by atoms with E-state index in [4.69, 9.17) is 35.3 Å². The van der Waals surface area contributed by atoms with Crippen molar-refractivity contribution < 1.29 is 33.3 Å². The van der Waals surface area contributed by atoms with Crippen molar-refractivity contribution in [1.82, 2.24) is 4.90 Å². The molecule has 0 aromatic heterocycles. The zero-order valence-corrected chi connectivity index (χ0v) is 28.4. The van der Waals surface area contributed by atoms with E-state index < -0.39 is 17.3 Å². The average Bonchev–Trinajstić information content (AvgIpc) is 3.18. The third kappa shape index (κ3) is 7.43. The second-order valence-corrected chi connectivity index (χ2v) is 12.6. The summed E-state index contributed by atoms with van der Waals surface area (Å²) in [6, 6.07) is 17.0. The Balaban J connectivity index is 1.29. The first-order valence-corrected chi connectivity index (χ1v) is 16.4. The number of methoxy groups -OCH3 is 4. The van der Waals surface area contributed by atoms with Gasteiger partial charge in [0, 0.05) is 67.4 Å². The molecule has 0 unspecified atom stereocenters. The van der Waals surface area contributed by atoms with Crippen LogP contribution in [0.1, 0.15) is 24.2 Å². The maximum atomic E-state index is 14.2. The van der Waals surface area contributed by atoms with E-state index in [1.807, 2.05) is 48.5 Å². The van der Waals surface area contributed by atoms with E-state index in [2.05, 4.69) is 9.80 Å². The molecule has 12 heteroatoms. The van der Waals surface area contributed by atoms with E-state index in [1.54, 1.807) is 39.4 Å². The highest BCUT2D eigenvalue weighted by molar-refractivity contribution is 7.99. The molecule has 0 aliphatic carbocycles.